The van der Waals surface area contributed by atoms with Gasteiger partial charge in [-0.15, -0.1) is 0 Å². The highest BCUT2D eigenvalue weighted by Crippen LogP contribution is 2.24. The van der Waals surface area contributed by atoms with Gasteiger partial charge in [-0.25, -0.2) is 4.79 Å². The summed E-state index contributed by atoms with van der Waals surface area (Å²) in [6.07, 6.45) is 3.23. The van der Waals surface area contributed by atoms with E-state index in [9.17, 15) is 4.79 Å². The number of aromatic nitrogens is 3. The van der Waals surface area contributed by atoms with Gasteiger partial charge in [0.15, 0.2) is 11.9 Å². The predicted molar refractivity (Wildman–Crippen MR) is 135 cm³/mol. The molecule has 0 aliphatic carbocycles. The van der Waals surface area contributed by atoms with E-state index in [1.807, 2.05) is 30.5 Å². The first kappa shape index (κ1) is 24.2. The van der Waals surface area contributed by atoms with Crippen LogP contribution in [-0.2, 0) is 11.3 Å². The Morgan fingerprint density at radius 3 is 2.69 bits per heavy atom. The molecule has 12 heteroatoms. The number of ether oxygens (including phenoxy) is 1. The van der Waals surface area contributed by atoms with Crippen molar-refractivity contribution in [3.63, 3.8) is 0 Å². The molecule has 1 aliphatic rings. The van der Waals surface area contributed by atoms with Crippen LogP contribution < -0.4 is 33.1 Å². The molecule has 1 fully saturated rings. The smallest absolute Gasteiger partial charge is 0.354 e. The molecule has 0 saturated carbocycles. The molecule has 35 heavy (non-hydrogen) atoms. The normalized spacial score (nSPS) is 16.3. The van der Waals surface area contributed by atoms with E-state index in [1.165, 1.54) is 0 Å². The Morgan fingerprint density at radius 1 is 1.23 bits per heavy atom. The third-order valence-electron chi connectivity index (χ3n) is 6.03. The van der Waals surface area contributed by atoms with Crippen LogP contribution in [0.1, 0.15) is 30.0 Å². The number of benzene rings is 1. The second kappa shape index (κ2) is 11.0. The van der Waals surface area contributed by atoms with Crippen molar-refractivity contribution >= 4 is 23.0 Å². The van der Waals surface area contributed by atoms with Crippen LogP contribution in [0.4, 0.5) is 0 Å². The maximum atomic E-state index is 12.7. The lowest BCUT2D eigenvalue weighted by molar-refractivity contribution is 0.0389. The van der Waals surface area contributed by atoms with Gasteiger partial charge in [-0.05, 0) is 43.1 Å². The van der Waals surface area contributed by atoms with Gasteiger partial charge < -0.3 is 37.1 Å². The quantitative estimate of drug-likeness (QED) is 0.147. The first-order chi connectivity index (χ1) is 16.9. The fraction of sp³-hybridized carbons (Fsp3) is 0.391. The Morgan fingerprint density at radius 2 is 2.00 bits per heavy atom. The number of hydrogen-bond acceptors (Lipinski definition) is 6. The summed E-state index contributed by atoms with van der Waals surface area (Å²) in [7, 11) is 0. The highest BCUT2D eigenvalue weighted by Gasteiger charge is 2.19. The molecule has 2 aromatic heterocycles. The van der Waals surface area contributed by atoms with Crippen LogP contribution in [0.2, 0.25) is 0 Å². The fourth-order valence-electron chi connectivity index (χ4n) is 4.14. The van der Waals surface area contributed by atoms with Crippen LogP contribution in [-0.4, -0.2) is 58.7 Å². The molecule has 186 valence electrons. The highest BCUT2D eigenvalue weighted by molar-refractivity contribution is 5.76. The van der Waals surface area contributed by atoms with Crippen molar-refractivity contribution in [3.8, 4) is 5.69 Å². The second-order valence-electron chi connectivity index (χ2n) is 8.63. The number of nitrogens with zero attached hydrogens (tertiary/aromatic N) is 2. The van der Waals surface area contributed by atoms with Gasteiger partial charge in [0, 0.05) is 42.8 Å². The van der Waals surface area contributed by atoms with Crippen molar-refractivity contribution in [2.45, 2.75) is 31.5 Å². The zero-order chi connectivity index (χ0) is 24.8. The van der Waals surface area contributed by atoms with E-state index in [0.717, 1.165) is 41.8 Å². The SMILES string of the molecule is N=C(N)NCC[C@H](CNC(=N)N)OCc1ccc(-n2cc3cc(C4CCNC4)[nH]c3nc2=O)cc1. The van der Waals surface area contributed by atoms with Gasteiger partial charge in [0.05, 0.1) is 18.4 Å². The average molecular weight is 481 g/mol. The number of hydrogen-bond donors (Lipinski definition) is 8. The van der Waals surface area contributed by atoms with E-state index in [2.05, 4.69) is 32.0 Å². The number of nitrogens with two attached hydrogens (primary N) is 2. The number of rotatable bonds is 10. The minimum absolute atomic E-state index is 0.104. The molecule has 10 N–H and O–H groups in total. The predicted octanol–water partition coefficient (Wildman–Crippen LogP) is 0.0321. The summed E-state index contributed by atoms with van der Waals surface area (Å²) in [5.41, 5.74) is 13.7. The maximum absolute atomic E-state index is 12.7. The second-order valence-corrected chi connectivity index (χ2v) is 8.63. The van der Waals surface area contributed by atoms with Gasteiger partial charge in [0.2, 0.25) is 0 Å². The van der Waals surface area contributed by atoms with Crippen molar-refractivity contribution in [3.05, 3.63) is 58.3 Å². The lowest BCUT2D eigenvalue weighted by Crippen LogP contribution is -2.40. The molecule has 1 aromatic carbocycles. The summed E-state index contributed by atoms with van der Waals surface area (Å²) in [4.78, 5) is 20.2. The zero-order valence-electron chi connectivity index (χ0n) is 19.4. The van der Waals surface area contributed by atoms with Gasteiger partial charge in [-0.3, -0.25) is 15.4 Å². The van der Waals surface area contributed by atoms with Crippen LogP contribution in [0.5, 0.6) is 0 Å². The van der Waals surface area contributed by atoms with Crippen molar-refractivity contribution < 1.29 is 4.74 Å². The standard InChI is InChI=1S/C23H32N10O2/c24-21(25)29-8-6-18(11-30-22(26)27)35-13-14-1-3-17(4-2-14)33-12-16-9-19(15-5-7-28-10-15)31-20(16)32-23(33)34/h1-4,9,12,15,18,28H,5-8,10-11,13H2,(H4,24,25,29)(H4,26,27,30)(H,31,32,34)/t15?,18-/m1/s1. The molecule has 4 rings (SSSR count). The van der Waals surface area contributed by atoms with E-state index in [-0.39, 0.29) is 23.7 Å². The molecule has 1 saturated heterocycles. The largest absolute Gasteiger partial charge is 0.372 e. The molecule has 3 heterocycles. The van der Waals surface area contributed by atoms with Crippen molar-refractivity contribution in [1.82, 2.24) is 30.5 Å². The minimum atomic E-state index is -0.340. The number of guanidine groups is 2. The van der Waals surface area contributed by atoms with Crippen LogP contribution in [0, 0.1) is 10.8 Å². The molecular formula is C23H32N10O2. The Balaban J connectivity index is 1.42. The highest BCUT2D eigenvalue weighted by atomic mass is 16.5. The van der Waals surface area contributed by atoms with E-state index in [1.54, 1.807) is 4.57 Å². The van der Waals surface area contributed by atoms with E-state index in [4.69, 9.17) is 27.0 Å². The van der Waals surface area contributed by atoms with Crippen molar-refractivity contribution in [2.24, 2.45) is 11.5 Å². The van der Waals surface area contributed by atoms with E-state index in [0.29, 0.717) is 37.7 Å². The van der Waals surface area contributed by atoms with Crippen molar-refractivity contribution in [1.29, 1.82) is 10.8 Å². The topological polar surface area (TPSA) is 196 Å². The molecule has 2 atom stereocenters. The zero-order valence-corrected chi connectivity index (χ0v) is 19.4. The maximum Gasteiger partial charge on any atom is 0.354 e. The number of nitrogens with one attached hydrogen (secondary N) is 6. The molecule has 1 aliphatic heterocycles. The molecule has 12 nitrogen and oxygen atoms in total. The molecule has 1 unspecified atom stereocenters. The van der Waals surface area contributed by atoms with Crippen LogP contribution >= 0.6 is 0 Å². The summed E-state index contributed by atoms with van der Waals surface area (Å²) in [6, 6.07) is 9.61. The van der Waals surface area contributed by atoms with Gasteiger partial charge in [0.25, 0.3) is 0 Å². The fourth-order valence-corrected chi connectivity index (χ4v) is 4.14. The number of fused-ring (bicyclic) bond motifs is 1. The third-order valence-corrected chi connectivity index (χ3v) is 6.03. The summed E-state index contributed by atoms with van der Waals surface area (Å²) in [5.74, 6) is 0.181. The lowest BCUT2D eigenvalue weighted by atomic mass is 10.1. The van der Waals surface area contributed by atoms with Crippen LogP contribution in [0.25, 0.3) is 16.7 Å². The van der Waals surface area contributed by atoms with Gasteiger partial charge in [-0.2, -0.15) is 4.98 Å². The molecule has 0 amide bonds. The van der Waals surface area contributed by atoms with Gasteiger partial charge >= 0.3 is 5.69 Å². The van der Waals surface area contributed by atoms with Crippen LogP contribution in [0.15, 0.2) is 41.3 Å². The van der Waals surface area contributed by atoms with E-state index < -0.39 is 0 Å². The minimum Gasteiger partial charge on any atom is -0.372 e. The number of aromatic amines is 1. The summed E-state index contributed by atoms with van der Waals surface area (Å²) < 4.78 is 7.53. The molecule has 0 radical (unpaired) electrons. The summed E-state index contributed by atoms with van der Waals surface area (Å²) in [6.45, 7) is 3.10. The van der Waals surface area contributed by atoms with Crippen LogP contribution in [0.3, 0.4) is 0 Å². The first-order valence-corrected chi connectivity index (χ1v) is 11.6. The Hall–Kier alpha value is -3.90. The summed E-state index contributed by atoms with van der Waals surface area (Å²) >= 11 is 0. The lowest BCUT2D eigenvalue weighted by Gasteiger charge is -2.19. The Labute approximate surface area is 202 Å². The summed E-state index contributed by atoms with van der Waals surface area (Å²) in [5, 5.41) is 24.4. The van der Waals surface area contributed by atoms with Gasteiger partial charge in [-0.1, -0.05) is 12.1 Å². The van der Waals surface area contributed by atoms with Gasteiger partial charge in [0.1, 0.15) is 5.65 Å². The number of H-pyrrole nitrogens is 1. The third kappa shape index (κ3) is 6.37. The molecule has 0 bridgehead atoms. The molecular weight excluding hydrogens is 448 g/mol. The Kier molecular flexibility index (Phi) is 7.63. The average Bonchev–Trinajstić information content (AvgIpc) is 3.50. The molecule has 0 spiro atoms. The first-order valence-electron chi connectivity index (χ1n) is 11.6. The molecule has 3 aromatic rings. The van der Waals surface area contributed by atoms with E-state index >= 15 is 0 Å². The van der Waals surface area contributed by atoms with Crippen molar-refractivity contribution in [2.75, 3.05) is 26.2 Å². The Bertz CT molecular complexity index is 1230. The monoisotopic (exact) mass is 480 g/mol.